The number of fused-ring (bicyclic) bond motifs is 1. The third-order valence-electron chi connectivity index (χ3n) is 4.17. The average Bonchev–Trinajstić information content (AvgIpc) is 2.82. The summed E-state index contributed by atoms with van der Waals surface area (Å²) in [6, 6.07) is 0.478. The van der Waals surface area contributed by atoms with E-state index >= 15 is 0 Å². The Hall–Kier alpha value is -0.650. The standard InChI is InChI=1S/C15H25N3OS/c1-4-16-11-9-15(2,3)10-12-13(11)20-14(17-12)18-5-7-19-8-6-18/h11,16H,4-10H2,1-3H3. The van der Waals surface area contributed by atoms with E-state index in [1.165, 1.54) is 22.1 Å². The van der Waals surface area contributed by atoms with Gasteiger partial charge in [0, 0.05) is 24.0 Å². The zero-order chi connectivity index (χ0) is 14.2. The first-order chi connectivity index (χ1) is 9.59. The SMILES string of the molecule is CCNC1CC(C)(C)Cc2nc(N3CCOCC3)sc21. The van der Waals surface area contributed by atoms with Crippen molar-refractivity contribution in [3.8, 4) is 0 Å². The summed E-state index contributed by atoms with van der Waals surface area (Å²) in [5.41, 5.74) is 1.66. The molecule has 112 valence electrons. The lowest BCUT2D eigenvalue weighted by Crippen LogP contribution is -2.36. The van der Waals surface area contributed by atoms with Crippen molar-refractivity contribution in [1.29, 1.82) is 0 Å². The Kier molecular flexibility index (Phi) is 4.02. The lowest BCUT2D eigenvalue weighted by atomic mass is 9.76. The van der Waals surface area contributed by atoms with Crippen LogP contribution in [0, 0.1) is 5.41 Å². The van der Waals surface area contributed by atoms with E-state index in [-0.39, 0.29) is 0 Å². The highest BCUT2D eigenvalue weighted by molar-refractivity contribution is 7.15. The van der Waals surface area contributed by atoms with Crippen molar-refractivity contribution in [2.45, 2.75) is 39.7 Å². The Morgan fingerprint density at radius 1 is 1.40 bits per heavy atom. The molecule has 3 rings (SSSR count). The van der Waals surface area contributed by atoms with Gasteiger partial charge in [-0.15, -0.1) is 0 Å². The first-order valence-corrected chi connectivity index (χ1v) is 8.46. The molecule has 0 radical (unpaired) electrons. The Labute approximate surface area is 125 Å². The smallest absolute Gasteiger partial charge is 0.185 e. The van der Waals surface area contributed by atoms with Crippen LogP contribution in [0.2, 0.25) is 0 Å². The largest absolute Gasteiger partial charge is 0.378 e. The van der Waals surface area contributed by atoms with Crippen molar-refractivity contribution in [2.24, 2.45) is 5.41 Å². The summed E-state index contributed by atoms with van der Waals surface area (Å²) in [5, 5.41) is 4.83. The number of ether oxygens (including phenoxy) is 1. The van der Waals surface area contributed by atoms with Crippen LogP contribution in [0.4, 0.5) is 5.13 Å². The van der Waals surface area contributed by atoms with E-state index < -0.39 is 0 Å². The van der Waals surface area contributed by atoms with Crippen LogP contribution in [0.5, 0.6) is 0 Å². The monoisotopic (exact) mass is 295 g/mol. The second-order valence-electron chi connectivity index (χ2n) is 6.56. The summed E-state index contributed by atoms with van der Waals surface area (Å²) in [6.07, 6.45) is 2.31. The molecule has 2 aliphatic rings. The maximum atomic E-state index is 5.44. The van der Waals surface area contributed by atoms with Gasteiger partial charge in [-0.2, -0.15) is 0 Å². The maximum Gasteiger partial charge on any atom is 0.185 e. The summed E-state index contributed by atoms with van der Waals surface area (Å²) in [7, 11) is 0. The molecule has 1 aromatic rings. The minimum atomic E-state index is 0.343. The summed E-state index contributed by atoms with van der Waals surface area (Å²) in [4.78, 5) is 8.79. The number of rotatable bonds is 3. The topological polar surface area (TPSA) is 37.4 Å². The fraction of sp³-hybridized carbons (Fsp3) is 0.800. The van der Waals surface area contributed by atoms with E-state index in [1.54, 1.807) is 0 Å². The van der Waals surface area contributed by atoms with Crippen molar-refractivity contribution in [2.75, 3.05) is 37.7 Å². The van der Waals surface area contributed by atoms with E-state index in [4.69, 9.17) is 9.72 Å². The van der Waals surface area contributed by atoms with Crippen LogP contribution in [0.15, 0.2) is 0 Å². The number of nitrogens with zero attached hydrogens (tertiary/aromatic N) is 2. The number of hydrogen-bond acceptors (Lipinski definition) is 5. The molecule has 1 unspecified atom stereocenters. The highest BCUT2D eigenvalue weighted by Crippen LogP contribution is 2.44. The zero-order valence-electron chi connectivity index (χ0n) is 12.7. The summed E-state index contributed by atoms with van der Waals surface area (Å²) in [6.45, 7) is 11.5. The van der Waals surface area contributed by atoms with Crippen molar-refractivity contribution < 1.29 is 4.74 Å². The van der Waals surface area contributed by atoms with Crippen LogP contribution < -0.4 is 10.2 Å². The average molecular weight is 295 g/mol. The molecule has 0 amide bonds. The maximum absolute atomic E-state index is 5.44. The van der Waals surface area contributed by atoms with E-state index in [9.17, 15) is 0 Å². The molecular formula is C15H25N3OS. The molecule has 0 aromatic carbocycles. The van der Waals surface area contributed by atoms with Crippen molar-refractivity contribution in [1.82, 2.24) is 10.3 Å². The van der Waals surface area contributed by atoms with Gasteiger partial charge in [0.25, 0.3) is 0 Å². The molecule has 1 fully saturated rings. The van der Waals surface area contributed by atoms with E-state index in [0.29, 0.717) is 11.5 Å². The van der Waals surface area contributed by atoms with Crippen LogP contribution in [0.1, 0.15) is 43.8 Å². The quantitative estimate of drug-likeness (QED) is 0.930. The zero-order valence-corrected chi connectivity index (χ0v) is 13.6. The molecule has 2 heterocycles. The minimum absolute atomic E-state index is 0.343. The van der Waals surface area contributed by atoms with Crippen LogP contribution in [-0.4, -0.2) is 37.8 Å². The number of aromatic nitrogens is 1. The third-order valence-corrected chi connectivity index (χ3v) is 5.44. The lowest BCUT2D eigenvalue weighted by Gasteiger charge is -2.34. The van der Waals surface area contributed by atoms with Gasteiger partial charge in [0.2, 0.25) is 0 Å². The van der Waals surface area contributed by atoms with Gasteiger partial charge in [0.05, 0.1) is 18.9 Å². The molecule has 1 aromatic heterocycles. The second-order valence-corrected chi connectivity index (χ2v) is 7.57. The van der Waals surface area contributed by atoms with Gasteiger partial charge >= 0.3 is 0 Å². The third kappa shape index (κ3) is 2.85. The number of thiazole rings is 1. The van der Waals surface area contributed by atoms with Gasteiger partial charge in [0.15, 0.2) is 5.13 Å². The molecule has 0 bridgehead atoms. The summed E-state index contributed by atoms with van der Waals surface area (Å²) in [5.74, 6) is 0. The molecule has 4 nitrogen and oxygen atoms in total. The molecule has 1 aliphatic carbocycles. The molecule has 0 spiro atoms. The normalized spacial score (nSPS) is 25.6. The fourth-order valence-corrected chi connectivity index (χ4v) is 4.43. The summed E-state index contributed by atoms with van der Waals surface area (Å²) < 4.78 is 5.44. The first kappa shape index (κ1) is 14.3. The van der Waals surface area contributed by atoms with Gasteiger partial charge in [0.1, 0.15) is 0 Å². The van der Waals surface area contributed by atoms with Crippen LogP contribution in [0.25, 0.3) is 0 Å². The highest BCUT2D eigenvalue weighted by atomic mass is 32.1. The molecule has 1 aliphatic heterocycles. The predicted molar refractivity (Wildman–Crippen MR) is 83.7 cm³/mol. The van der Waals surface area contributed by atoms with Crippen molar-refractivity contribution >= 4 is 16.5 Å². The summed E-state index contributed by atoms with van der Waals surface area (Å²) >= 11 is 1.89. The van der Waals surface area contributed by atoms with Crippen molar-refractivity contribution in [3.63, 3.8) is 0 Å². The molecule has 1 saturated heterocycles. The Balaban J connectivity index is 1.87. The Morgan fingerprint density at radius 2 is 2.15 bits per heavy atom. The van der Waals surface area contributed by atoms with Crippen molar-refractivity contribution in [3.05, 3.63) is 10.6 Å². The number of nitrogens with one attached hydrogen (secondary N) is 1. The second kappa shape index (κ2) is 5.62. The molecule has 1 atom stereocenters. The van der Waals surface area contributed by atoms with Gasteiger partial charge in [-0.3, -0.25) is 0 Å². The van der Waals surface area contributed by atoms with Gasteiger partial charge in [-0.25, -0.2) is 4.98 Å². The van der Waals surface area contributed by atoms with Gasteiger partial charge in [-0.05, 0) is 24.8 Å². The first-order valence-electron chi connectivity index (χ1n) is 7.65. The number of hydrogen-bond donors (Lipinski definition) is 1. The minimum Gasteiger partial charge on any atom is -0.378 e. The van der Waals surface area contributed by atoms with Gasteiger partial charge in [-0.1, -0.05) is 32.1 Å². The molecule has 5 heteroatoms. The Morgan fingerprint density at radius 3 is 2.85 bits per heavy atom. The van der Waals surface area contributed by atoms with E-state index in [1.807, 2.05) is 11.3 Å². The molecule has 1 N–H and O–H groups in total. The van der Waals surface area contributed by atoms with Crippen LogP contribution in [-0.2, 0) is 11.2 Å². The van der Waals surface area contributed by atoms with Crippen LogP contribution >= 0.6 is 11.3 Å². The lowest BCUT2D eigenvalue weighted by molar-refractivity contribution is 0.122. The van der Waals surface area contributed by atoms with Gasteiger partial charge < -0.3 is 15.0 Å². The number of morpholine rings is 1. The Bertz CT molecular complexity index is 466. The number of anilines is 1. The van der Waals surface area contributed by atoms with E-state index in [2.05, 4.69) is 31.0 Å². The van der Waals surface area contributed by atoms with E-state index in [0.717, 1.165) is 39.3 Å². The molecular weight excluding hydrogens is 270 g/mol. The molecule has 20 heavy (non-hydrogen) atoms. The predicted octanol–water partition coefficient (Wildman–Crippen LogP) is 2.60. The van der Waals surface area contributed by atoms with Crippen LogP contribution in [0.3, 0.4) is 0 Å². The fourth-order valence-electron chi connectivity index (χ4n) is 3.22. The highest BCUT2D eigenvalue weighted by Gasteiger charge is 2.35. The molecule has 0 saturated carbocycles.